The van der Waals surface area contributed by atoms with E-state index >= 15 is 0 Å². The summed E-state index contributed by atoms with van der Waals surface area (Å²) in [6.07, 6.45) is 0. The summed E-state index contributed by atoms with van der Waals surface area (Å²) in [5, 5.41) is 4.77. The maximum absolute atomic E-state index is 13.6. The lowest BCUT2D eigenvalue weighted by Crippen LogP contribution is -2.33. The van der Waals surface area contributed by atoms with Gasteiger partial charge in [-0.2, -0.15) is 8.78 Å². The van der Waals surface area contributed by atoms with Crippen molar-refractivity contribution in [1.82, 2.24) is 5.32 Å². The molecule has 2 N–H and O–H groups in total. The Hall–Kier alpha value is -2.94. The van der Waals surface area contributed by atoms with Crippen molar-refractivity contribution >= 4 is 29.1 Å². The van der Waals surface area contributed by atoms with Gasteiger partial charge >= 0.3 is 6.61 Å². The molecule has 27 heavy (non-hydrogen) atoms. The highest BCUT2D eigenvalue weighted by molar-refractivity contribution is 6.30. The average molecular weight is 403 g/mol. The molecule has 0 radical (unpaired) electrons. The number of alkyl halides is 2. The van der Waals surface area contributed by atoms with Gasteiger partial charge in [0.15, 0.2) is 11.5 Å². The molecule has 0 spiro atoms. The van der Waals surface area contributed by atoms with E-state index in [0.717, 1.165) is 12.1 Å². The lowest BCUT2D eigenvalue weighted by atomic mass is 10.2. The number of amides is 2. The van der Waals surface area contributed by atoms with Crippen LogP contribution in [0.1, 0.15) is 10.4 Å². The molecular weight excluding hydrogens is 389 g/mol. The number of rotatable bonds is 7. The smallest absolute Gasteiger partial charge is 0.387 e. The van der Waals surface area contributed by atoms with Crippen molar-refractivity contribution in [2.45, 2.75) is 6.61 Å². The minimum absolute atomic E-state index is 0.0546. The molecule has 2 amide bonds. The van der Waals surface area contributed by atoms with Gasteiger partial charge in [0, 0.05) is 10.6 Å². The number of hydrogen-bond acceptors (Lipinski definition) is 4. The van der Waals surface area contributed by atoms with Crippen LogP contribution in [0.2, 0.25) is 5.02 Å². The highest BCUT2D eigenvalue weighted by atomic mass is 35.5. The first kappa shape index (κ1) is 20.4. The molecule has 0 atom stereocenters. The topological polar surface area (TPSA) is 76.7 Å². The van der Waals surface area contributed by atoms with Crippen LogP contribution in [-0.2, 0) is 4.79 Å². The fraction of sp³-hybridized carbons (Fsp3) is 0.176. The fourth-order valence-corrected chi connectivity index (χ4v) is 2.21. The number of nitrogens with one attached hydrogen (secondary N) is 2. The Morgan fingerprint density at radius 3 is 2.52 bits per heavy atom. The third-order valence-electron chi connectivity index (χ3n) is 3.26. The molecule has 0 saturated heterocycles. The first-order valence-electron chi connectivity index (χ1n) is 7.46. The molecule has 0 unspecified atom stereocenters. The SMILES string of the molecule is COc1cc(C(=O)NCC(=O)Nc2ccc(Cl)cc2F)ccc1OC(F)F. The summed E-state index contributed by atoms with van der Waals surface area (Å²) in [7, 11) is 1.23. The van der Waals surface area contributed by atoms with Crippen LogP contribution < -0.4 is 20.1 Å². The maximum Gasteiger partial charge on any atom is 0.387 e. The van der Waals surface area contributed by atoms with Gasteiger partial charge in [0.2, 0.25) is 5.91 Å². The van der Waals surface area contributed by atoms with E-state index < -0.39 is 30.8 Å². The Balaban J connectivity index is 1.97. The predicted octanol–water partition coefficient (Wildman–Crippen LogP) is 3.46. The average Bonchev–Trinajstić information content (AvgIpc) is 2.62. The number of carbonyl (C=O) groups is 2. The summed E-state index contributed by atoms with van der Waals surface area (Å²) >= 11 is 5.62. The zero-order chi connectivity index (χ0) is 20.0. The van der Waals surface area contributed by atoms with Crippen LogP contribution >= 0.6 is 11.6 Å². The van der Waals surface area contributed by atoms with Gasteiger partial charge in [-0.05, 0) is 36.4 Å². The summed E-state index contributed by atoms with van der Waals surface area (Å²) < 4.78 is 47.4. The number of carbonyl (C=O) groups excluding carboxylic acids is 2. The summed E-state index contributed by atoms with van der Waals surface area (Å²) in [5.41, 5.74) is -0.0345. The first-order valence-corrected chi connectivity index (χ1v) is 7.84. The van der Waals surface area contributed by atoms with Gasteiger partial charge in [0.05, 0.1) is 19.3 Å². The van der Waals surface area contributed by atoms with E-state index in [1.165, 1.54) is 31.4 Å². The van der Waals surface area contributed by atoms with E-state index in [0.29, 0.717) is 0 Å². The Labute approximate surface area is 157 Å². The van der Waals surface area contributed by atoms with Gasteiger partial charge in [-0.15, -0.1) is 0 Å². The van der Waals surface area contributed by atoms with Gasteiger partial charge in [0.25, 0.3) is 5.91 Å². The number of methoxy groups -OCH3 is 1. The van der Waals surface area contributed by atoms with Gasteiger partial charge < -0.3 is 20.1 Å². The predicted molar refractivity (Wildman–Crippen MR) is 92.0 cm³/mol. The molecule has 0 saturated carbocycles. The van der Waals surface area contributed by atoms with Crippen molar-refractivity contribution in [3.8, 4) is 11.5 Å². The Morgan fingerprint density at radius 2 is 1.89 bits per heavy atom. The molecule has 144 valence electrons. The largest absolute Gasteiger partial charge is 0.493 e. The van der Waals surface area contributed by atoms with Crippen molar-refractivity contribution in [3.63, 3.8) is 0 Å². The van der Waals surface area contributed by atoms with Crippen LogP contribution in [0.15, 0.2) is 36.4 Å². The third-order valence-corrected chi connectivity index (χ3v) is 3.49. The Kier molecular flexibility index (Phi) is 6.89. The van der Waals surface area contributed by atoms with E-state index in [-0.39, 0.29) is 27.8 Å². The number of anilines is 1. The second-order valence-corrected chi connectivity index (χ2v) is 5.54. The highest BCUT2D eigenvalue weighted by Crippen LogP contribution is 2.29. The van der Waals surface area contributed by atoms with Crippen LogP contribution in [0.5, 0.6) is 11.5 Å². The van der Waals surface area contributed by atoms with Crippen molar-refractivity contribution in [1.29, 1.82) is 0 Å². The van der Waals surface area contributed by atoms with Gasteiger partial charge in [-0.3, -0.25) is 9.59 Å². The zero-order valence-corrected chi connectivity index (χ0v) is 14.6. The highest BCUT2D eigenvalue weighted by Gasteiger charge is 2.15. The summed E-state index contributed by atoms with van der Waals surface area (Å²) in [6.45, 7) is -3.49. The van der Waals surface area contributed by atoms with E-state index in [4.69, 9.17) is 16.3 Å². The lowest BCUT2D eigenvalue weighted by Gasteiger charge is -2.12. The normalized spacial score (nSPS) is 10.4. The van der Waals surface area contributed by atoms with Crippen LogP contribution in [0, 0.1) is 5.82 Å². The summed E-state index contributed by atoms with van der Waals surface area (Å²) in [5.74, 6) is -2.37. The Bertz CT molecular complexity index is 849. The van der Waals surface area contributed by atoms with Crippen LogP contribution in [0.25, 0.3) is 0 Å². The molecule has 0 fully saturated rings. The van der Waals surface area contributed by atoms with Crippen LogP contribution in [0.3, 0.4) is 0 Å². The molecule has 0 aliphatic heterocycles. The third kappa shape index (κ3) is 5.78. The summed E-state index contributed by atoms with van der Waals surface area (Å²) in [4.78, 5) is 23.9. The molecule has 2 aromatic rings. The van der Waals surface area contributed by atoms with Crippen LogP contribution in [0.4, 0.5) is 18.9 Å². The monoisotopic (exact) mass is 402 g/mol. The number of halogens is 4. The summed E-state index contributed by atoms with van der Waals surface area (Å²) in [6, 6.07) is 7.27. The van der Waals surface area contributed by atoms with Crippen molar-refractivity contribution in [3.05, 3.63) is 52.8 Å². The molecule has 2 rings (SSSR count). The standard InChI is InChI=1S/C17H14ClF3N2O4/c1-26-14-6-9(2-5-13(14)27-17(20)21)16(25)22-8-15(24)23-12-4-3-10(18)7-11(12)19/h2-7,17H,8H2,1H3,(H,22,25)(H,23,24). The second-order valence-electron chi connectivity index (χ2n) is 5.10. The molecule has 0 heterocycles. The van der Waals surface area contributed by atoms with Crippen molar-refractivity contribution in [2.24, 2.45) is 0 Å². The molecule has 0 bridgehead atoms. The van der Waals surface area contributed by atoms with Crippen molar-refractivity contribution < 1.29 is 32.2 Å². The second kappa shape index (κ2) is 9.13. The molecule has 0 aromatic heterocycles. The van der Waals surface area contributed by atoms with Crippen LogP contribution in [-0.4, -0.2) is 32.1 Å². The molecule has 10 heteroatoms. The minimum atomic E-state index is -3.05. The number of hydrogen-bond donors (Lipinski definition) is 2. The molecule has 6 nitrogen and oxygen atoms in total. The van der Waals surface area contributed by atoms with Gasteiger partial charge in [-0.25, -0.2) is 4.39 Å². The van der Waals surface area contributed by atoms with E-state index in [2.05, 4.69) is 15.4 Å². The first-order chi connectivity index (χ1) is 12.8. The van der Waals surface area contributed by atoms with Gasteiger partial charge in [0.1, 0.15) is 5.82 Å². The fourth-order valence-electron chi connectivity index (χ4n) is 2.05. The van der Waals surface area contributed by atoms with E-state index in [9.17, 15) is 22.8 Å². The van der Waals surface area contributed by atoms with Gasteiger partial charge in [-0.1, -0.05) is 11.6 Å². The molecule has 2 aromatic carbocycles. The zero-order valence-electron chi connectivity index (χ0n) is 13.9. The maximum atomic E-state index is 13.6. The number of ether oxygens (including phenoxy) is 2. The molecular formula is C17H14ClF3N2O4. The number of benzene rings is 2. The minimum Gasteiger partial charge on any atom is -0.493 e. The van der Waals surface area contributed by atoms with Crippen molar-refractivity contribution in [2.75, 3.05) is 19.0 Å². The lowest BCUT2D eigenvalue weighted by molar-refractivity contribution is -0.115. The molecule has 0 aliphatic rings. The Morgan fingerprint density at radius 1 is 1.15 bits per heavy atom. The van der Waals surface area contributed by atoms with E-state index in [1.807, 2.05) is 0 Å². The quantitative estimate of drug-likeness (QED) is 0.743. The van der Waals surface area contributed by atoms with E-state index in [1.54, 1.807) is 0 Å². The molecule has 0 aliphatic carbocycles.